The van der Waals surface area contributed by atoms with Gasteiger partial charge in [-0.2, -0.15) is 13.9 Å². The van der Waals surface area contributed by atoms with Crippen molar-refractivity contribution in [2.75, 3.05) is 0 Å². The zero-order chi connectivity index (χ0) is 21.1. The number of halogens is 4. The molecular weight excluding hydrogens is 394 g/mol. The number of carbonyl (C=O) groups excluding carboxylic acids is 1. The van der Waals surface area contributed by atoms with Crippen molar-refractivity contribution < 1.29 is 31.5 Å². The Morgan fingerprint density at radius 2 is 1.90 bits per heavy atom. The number of amides is 1. The van der Waals surface area contributed by atoms with E-state index in [1.165, 1.54) is 12.1 Å². The van der Waals surface area contributed by atoms with Gasteiger partial charge in [0.2, 0.25) is 11.6 Å². The van der Waals surface area contributed by atoms with Crippen LogP contribution < -0.4 is 10.1 Å². The Balaban J connectivity index is 1.64. The molecule has 1 amide bonds. The highest BCUT2D eigenvalue weighted by Gasteiger charge is 2.22. The highest BCUT2D eigenvalue weighted by Crippen LogP contribution is 2.27. The molecule has 29 heavy (non-hydrogen) atoms. The molecular formula is C19H17F4N3O3. The molecule has 1 unspecified atom stereocenters. The molecule has 0 saturated carbocycles. The van der Waals surface area contributed by atoms with Crippen LogP contribution in [0.2, 0.25) is 0 Å². The number of hydrogen-bond acceptors (Lipinski definition) is 4. The molecule has 0 saturated heterocycles. The van der Waals surface area contributed by atoms with Gasteiger partial charge in [0, 0.05) is 18.8 Å². The molecule has 1 N–H and O–H groups in total. The van der Waals surface area contributed by atoms with Gasteiger partial charge in [-0.15, -0.1) is 0 Å². The summed E-state index contributed by atoms with van der Waals surface area (Å²) < 4.78 is 65.4. The molecule has 0 aliphatic carbocycles. The summed E-state index contributed by atoms with van der Waals surface area (Å²) in [7, 11) is 0. The zero-order valence-electron chi connectivity index (χ0n) is 15.5. The van der Waals surface area contributed by atoms with E-state index in [9.17, 15) is 22.4 Å². The van der Waals surface area contributed by atoms with Crippen LogP contribution in [0.3, 0.4) is 0 Å². The number of rotatable bonds is 7. The van der Waals surface area contributed by atoms with Gasteiger partial charge in [0.1, 0.15) is 12.4 Å². The first-order chi connectivity index (χ1) is 13.8. The minimum atomic E-state index is -1.66. The van der Waals surface area contributed by atoms with E-state index in [1.807, 2.05) is 6.92 Å². The summed E-state index contributed by atoms with van der Waals surface area (Å²) in [6.07, 6.45) is 1.79. The Hall–Kier alpha value is -3.30. The van der Waals surface area contributed by atoms with Crippen LogP contribution in [-0.4, -0.2) is 15.7 Å². The van der Waals surface area contributed by atoms with Crippen molar-refractivity contribution in [3.63, 3.8) is 0 Å². The summed E-state index contributed by atoms with van der Waals surface area (Å²) in [6.45, 7) is 3.83. The van der Waals surface area contributed by atoms with Gasteiger partial charge in [0.05, 0.1) is 11.7 Å². The van der Waals surface area contributed by atoms with E-state index in [1.54, 1.807) is 23.9 Å². The number of benzene rings is 1. The number of nitrogens with one attached hydrogen (secondary N) is 1. The molecule has 0 radical (unpaired) electrons. The summed E-state index contributed by atoms with van der Waals surface area (Å²) >= 11 is 0. The number of aryl methyl sites for hydroxylation is 1. The molecule has 10 heteroatoms. The number of nitrogens with zero attached hydrogens (tertiary/aromatic N) is 2. The van der Waals surface area contributed by atoms with Crippen LogP contribution >= 0.6 is 0 Å². The van der Waals surface area contributed by atoms with E-state index in [4.69, 9.17) is 9.15 Å². The Bertz CT molecular complexity index is 1010. The fourth-order valence-electron chi connectivity index (χ4n) is 2.52. The molecule has 0 fully saturated rings. The lowest BCUT2D eigenvalue weighted by Crippen LogP contribution is -2.26. The Morgan fingerprint density at radius 1 is 1.21 bits per heavy atom. The number of carbonyl (C=O) groups is 1. The van der Waals surface area contributed by atoms with Gasteiger partial charge in [0.25, 0.3) is 5.91 Å². The summed E-state index contributed by atoms with van der Waals surface area (Å²) in [5.41, 5.74) is 0.661. The van der Waals surface area contributed by atoms with Crippen LogP contribution in [0.15, 0.2) is 34.9 Å². The van der Waals surface area contributed by atoms with Gasteiger partial charge in [-0.1, -0.05) is 0 Å². The van der Waals surface area contributed by atoms with Gasteiger partial charge >= 0.3 is 0 Å². The van der Waals surface area contributed by atoms with Gasteiger partial charge in [0.15, 0.2) is 23.1 Å². The highest BCUT2D eigenvalue weighted by molar-refractivity contribution is 5.91. The zero-order valence-corrected chi connectivity index (χ0v) is 15.5. The van der Waals surface area contributed by atoms with Gasteiger partial charge in [-0.05, 0) is 32.0 Å². The maximum atomic E-state index is 13.6. The number of aromatic nitrogens is 2. The van der Waals surface area contributed by atoms with E-state index in [0.29, 0.717) is 12.2 Å². The van der Waals surface area contributed by atoms with Crippen molar-refractivity contribution in [1.29, 1.82) is 0 Å². The van der Waals surface area contributed by atoms with Crippen LogP contribution in [0.5, 0.6) is 5.75 Å². The van der Waals surface area contributed by atoms with Crippen molar-refractivity contribution in [3.05, 3.63) is 70.9 Å². The smallest absolute Gasteiger partial charge is 0.287 e. The number of furan rings is 1. The first-order valence-corrected chi connectivity index (χ1v) is 8.68. The summed E-state index contributed by atoms with van der Waals surface area (Å²) in [5, 5.41) is 6.99. The molecule has 0 spiro atoms. The molecule has 154 valence electrons. The Morgan fingerprint density at radius 3 is 2.52 bits per heavy atom. The third-order valence-electron chi connectivity index (χ3n) is 4.09. The third-order valence-corrected chi connectivity index (χ3v) is 4.09. The predicted octanol–water partition coefficient (Wildman–Crippen LogP) is 4.12. The SMILES string of the molecule is CCn1ccc(C(C)NC(=O)c2ccc(COc3c(F)c(F)cc(F)c3F)o2)n1. The van der Waals surface area contributed by atoms with Crippen molar-refractivity contribution in [3.8, 4) is 5.75 Å². The normalized spacial score (nSPS) is 12.1. The maximum absolute atomic E-state index is 13.6. The maximum Gasteiger partial charge on any atom is 0.287 e. The molecule has 3 aromatic rings. The number of hydrogen-bond donors (Lipinski definition) is 1. The molecule has 2 heterocycles. The highest BCUT2D eigenvalue weighted by atomic mass is 19.2. The van der Waals surface area contributed by atoms with E-state index in [-0.39, 0.29) is 17.6 Å². The van der Waals surface area contributed by atoms with Crippen LogP contribution in [0.4, 0.5) is 17.6 Å². The average molecular weight is 411 g/mol. The van der Waals surface area contributed by atoms with E-state index in [2.05, 4.69) is 10.4 Å². The molecule has 0 aliphatic rings. The van der Waals surface area contributed by atoms with Crippen LogP contribution in [-0.2, 0) is 13.2 Å². The Labute approximate surface area is 163 Å². The topological polar surface area (TPSA) is 69.3 Å². The summed E-state index contributed by atoms with van der Waals surface area (Å²) in [5.74, 6) is -8.27. The lowest BCUT2D eigenvalue weighted by atomic mass is 10.2. The molecule has 1 atom stereocenters. The molecule has 1 aromatic carbocycles. The van der Waals surface area contributed by atoms with E-state index in [0.717, 1.165) is 0 Å². The average Bonchev–Trinajstić information content (AvgIpc) is 3.36. The molecule has 6 nitrogen and oxygen atoms in total. The largest absolute Gasteiger partial charge is 0.479 e. The van der Waals surface area contributed by atoms with E-state index >= 15 is 0 Å². The van der Waals surface area contributed by atoms with Crippen molar-refractivity contribution in [2.45, 2.75) is 33.0 Å². The van der Waals surface area contributed by atoms with Gasteiger partial charge < -0.3 is 14.5 Å². The van der Waals surface area contributed by atoms with Crippen molar-refractivity contribution in [1.82, 2.24) is 15.1 Å². The second-order valence-electron chi connectivity index (χ2n) is 6.14. The fourth-order valence-corrected chi connectivity index (χ4v) is 2.52. The lowest BCUT2D eigenvalue weighted by Gasteiger charge is -2.10. The molecule has 2 aromatic heterocycles. The first kappa shape index (κ1) is 20.4. The second-order valence-corrected chi connectivity index (χ2v) is 6.14. The standard InChI is InChI=1S/C19H17F4N3O3/c1-3-26-7-6-14(25-26)10(2)24-19(27)15-5-4-11(29-15)9-28-18-16(22)12(20)8-13(21)17(18)23/h4-8,10H,3,9H2,1-2H3,(H,24,27). The fraction of sp³-hybridized carbons (Fsp3) is 0.263. The van der Waals surface area contributed by atoms with Crippen LogP contribution in [0.25, 0.3) is 0 Å². The minimum Gasteiger partial charge on any atom is -0.479 e. The molecule has 0 bridgehead atoms. The quantitative estimate of drug-likeness (QED) is 0.469. The molecule has 0 aliphatic heterocycles. The number of ether oxygens (including phenoxy) is 1. The lowest BCUT2D eigenvalue weighted by molar-refractivity contribution is 0.0906. The van der Waals surface area contributed by atoms with Gasteiger partial charge in [-0.3, -0.25) is 9.48 Å². The summed E-state index contributed by atoms with van der Waals surface area (Å²) in [6, 6.07) is 4.15. The third kappa shape index (κ3) is 4.41. The monoisotopic (exact) mass is 411 g/mol. The summed E-state index contributed by atoms with van der Waals surface area (Å²) in [4.78, 5) is 12.3. The van der Waals surface area contributed by atoms with Gasteiger partial charge in [-0.25, -0.2) is 8.78 Å². The predicted molar refractivity (Wildman–Crippen MR) is 93.1 cm³/mol. The second kappa shape index (κ2) is 8.38. The van der Waals surface area contributed by atoms with Crippen LogP contribution in [0, 0.1) is 23.3 Å². The Kier molecular flexibility index (Phi) is 5.90. The first-order valence-electron chi connectivity index (χ1n) is 8.68. The minimum absolute atomic E-state index is 0.0292. The van der Waals surface area contributed by atoms with Crippen molar-refractivity contribution >= 4 is 5.91 Å². The van der Waals surface area contributed by atoms with Crippen molar-refractivity contribution in [2.24, 2.45) is 0 Å². The van der Waals surface area contributed by atoms with Crippen LogP contribution in [0.1, 0.15) is 41.9 Å². The molecule has 3 rings (SSSR count). The van der Waals surface area contributed by atoms with E-state index < -0.39 is 47.6 Å².